The van der Waals surface area contributed by atoms with Gasteiger partial charge >= 0.3 is 0 Å². The van der Waals surface area contributed by atoms with Crippen LogP contribution >= 0.6 is 24.0 Å². The van der Waals surface area contributed by atoms with Crippen LogP contribution in [-0.2, 0) is 17.6 Å². The van der Waals surface area contributed by atoms with Crippen molar-refractivity contribution < 1.29 is 4.79 Å². The number of aliphatic imine (C=N–C) groups is 1. The van der Waals surface area contributed by atoms with Crippen LogP contribution in [0.3, 0.4) is 0 Å². The Morgan fingerprint density at radius 2 is 1.88 bits per heavy atom. The maximum Gasteiger partial charge on any atom is 0.242 e. The highest BCUT2D eigenvalue weighted by Crippen LogP contribution is 2.24. The molecule has 1 fully saturated rings. The Labute approximate surface area is 160 Å². The van der Waals surface area contributed by atoms with Crippen molar-refractivity contribution >= 4 is 41.5 Å². The first-order valence-corrected chi connectivity index (χ1v) is 8.69. The highest BCUT2D eigenvalue weighted by atomic mass is 127. The number of anilines is 1. The minimum Gasteiger partial charge on any atom is -0.370 e. The number of aryl methyl sites for hydroxylation is 2. The first kappa shape index (κ1) is 19.0. The van der Waals surface area contributed by atoms with Crippen LogP contribution in [0.1, 0.15) is 49.7 Å². The average molecular weight is 442 g/mol. The topological polar surface area (TPSA) is 79.5 Å². The normalized spacial score (nSPS) is 17.8. The van der Waals surface area contributed by atoms with Gasteiger partial charge in [0.1, 0.15) is 6.54 Å². The number of guanidine groups is 1. The predicted molar refractivity (Wildman–Crippen MR) is 109 cm³/mol. The van der Waals surface area contributed by atoms with Gasteiger partial charge in [0, 0.05) is 11.7 Å². The lowest BCUT2D eigenvalue weighted by atomic mass is 9.95. The van der Waals surface area contributed by atoms with E-state index in [0.717, 1.165) is 24.9 Å². The molecular formula is C18H27IN4O. The molecule has 0 heterocycles. The first-order chi connectivity index (χ1) is 11.2. The maximum atomic E-state index is 11.9. The molecular weight excluding hydrogens is 415 g/mol. The number of carbonyl (C=O) groups is 1. The van der Waals surface area contributed by atoms with Crippen LogP contribution in [0, 0.1) is 0 Å². The number of nitrogens with one attached hydrogen (secondary N) is 2. The van der Waals surface area contributed by atoms with Gasteiger partial charge < -0.3 is 16.4 Å². The van der Waals surface area contributed by atoms with Gasteiger partial charge in [0.2, 0.25) is 5.91 Å². The van der Waals surface area contributed by atoms with Gasteiger partial charge in [0.25, 0.3) is 0 Å². The number of amides is 1. The summed E-state index contributed by atoms with van der Waals surface area (Å²) < 4.78 is 0. The van der Waals surface area contributed by atoms with E-state index in [2.05, 4.69) is 27.8 Å². The molecule has 4 N–H and O–H groups in total. The lowest BCUT2D eigenvalue weighted by Gasteiger charge is -2.22. The fraction of sp³-hybridized carbons (Fsp3) is 0.556. The standard InChI is InChI=1S/C18H26N4O.HI/c19-18(20-12-17(23)21-15-7-2-1-3-8-15)22-16-10-9-13-5-4-6-14(13)11-16;/h9-11,15H,1-8,12H2,(H,21,23)(H3,19,20,22);1H. The van der Waals surface area contributed by atoms with E-state index in [0.29, 0.717) is 12.0 Å². The summed E-state index contributed by atoms with van der Waals surface area (Å²) >= 11 is 0. The predicted octanol–water partition coefficient (Wildman–Crippen LogP) is 2.97. The summed E-state index contributed by atoms with van der Waals surface area (Å²) in [6, 6.07) is 6.62. The Balaban J connectivity index is 0.00000208. The molecule has 0 unspecified atom stereocenters. The second kappa shape index (κ2) is 9.25. The second-order valence-corrected chi connectivity index (χ2v) is 6.57. The van der Waals surface area contributed by atoms with Crippen molar-refractivity contribution in [1.82, 2.24) is 5.32 Å². The largest absolute Gasteiger partial charge is 0.370 e. The Kier molecular flexibility index (Phi) is 7.33. The number of carbonyl (C=O) groups excluding carboxylic acids is 1. The molecule has 2 aliphatic rings. The number of benzene rings is 1. The zero-order valence-corrected chi connectivity index (χ0v) is 16.3. The molecule has 0 spiro atoms. The third-order valence-corrected chi connectivity index (χ3v) is 4.73. The highest BCUT2D eigenvalue weighted by Gasteiger charge is 2.15. The van der Waals surface area contributed by atoms with Gasteiger partial charge in [-0.1, -0.05) is 25.3 Å². The summed E-state index contributed by atoms with van der Waals surface area (Å²) in [5.74, 6) is 0.248. The first-order valence-electron chi connectivity index (χ1n) is 8.69. The van der Waals surface area contributed by atoms with Gasteiger partial charge in [-0.25, -0.2) is 4.99 Å². The molecule has 0 aliphatic heterocycles. The molecule has 0 aromatic heterocycles. The quantitative estimate of drug-likeness (QED) is 0.381. The van der Waals surface area contributed by atoms with Crippen molar-refractivity contribution in [3.63, 3.8) is 0 Å². The van der Waals surface area contributed by atoms with Crippen molar-refractivity contribution in [2.75, 3.05) is 11.9 Å². The summed E-state index contributed by atoms with van der Waals surface area (Å²) in [5.41, 5.74) is 9.65. The van der Waals surface area contributed by atoms with Crippen LogP contribution in [0.25, 0.3) is 0 Å². The van der Waals surface area contributed by atoms with Crippen LogP contribution in [0.4, 0.5) is 5.69 Å². The van der Waals surface area contributed by atoms with Gasteiger partial charge in [-0.3, -0.25) is 4.79 Å². The van der Waals surface area contributed by atoms with Crippen LogP contribution in [0.15, 0.2) is 23.2 Å². The third kappa shape index (κ3) is 5.36. The Morgan fingerprint density at radius 1 is 1.12 bits per heavy atom. The van der Waals surface area contributed by atoms with E-state index in [1.54, 1.807) is 0 Å². The molecule has 5 nitrogen and oxygen atoms in total. The summed E-state index contributed by atoms with van der Waals surface area (Å²) in [6.45, 7) is 0.0836. The molecule has 2 aliphatic carbocycles. The highest BCUT2D eigenvalue weighted by molar-refractivity contribution is 14.0. The van der Waals surface area contributed by atoms with E-state index in [4.69, 9.17) is 5.73 Å². The number of nitrogens with two attached hydrogens (primary N) is 1. The van der Waals surface area contributed by atoms with Gasteiger partial charge in [0.15, 0.2) is 5.96 Å². The number of halogens is 1. The van der Waals surface area contributed by atoms with E-state index in [-0.39, 0.29) is 36.4 Å². The van der Waals surface area contributed by atoms with E-state index < -0.39 is 0 Å². The van der Waals surface area contributed by atoms with Gasteiger partial charge in [-0.05, 0) is 55.4 Å². The Bertz CT molecular complexity index is 597. The van der Waals surface area contributed by atoms with Crippen LogP contribution in [0.2, 0.25) is 0 Å². The monoisotopic (exact) mass is 442 g/mol. The molecule has 3 rings (SSSR count). The van der Waals surface area contributed by atoms with Crippen LogP contribution < -0.4 is 16.4 Å². The zero-order valence-electron chi connectivity index (χ0n) is 14.0. The molecule has 1 aromatic carbocycles. The van der Waals surface area contributed by atoms with Gasteiger partial charge in [0.05, 0.1) is 0 Å². The van der Waals surface area contributed by atoms with Crippen molar-refractivity contribution in [2.24, 2.45) is 10.7 Å². The number of hydrogen-bond donors (Lipinski definition) is 3. The molecule has 0 radical (unpaired) electrons. The summed E-state index contributed by atoms with van der Waals surface area (Å²) in [5, 5.41) is 6.12. The minimum absolute atomic E-state index is 0. The molecule has 1 aromatic rings. The number of nitrogens with zero attached hydrogens (tertiary/aromatic N) is 1. The van der Waals surface area contributed by atoms with Crippen molar-refractivity contribution in [3.8, 4) is 0 Å². The zero-order chi connectivity index (χ0) is 16.1. The van der Waals surface area contributed by atoms with Crippen molar-refractivity contribution in [1.29, 1.82) is 0 Å². The van der Waals surface area contributed by atoms with E-state index >= 15 is 0 Å². The van der Waals surface area contributed by atoms with E-state index in [1.807, 2.05) is 6.07 Å². The number of rotatable bonds is 4. The molecule has 1 amide bonds. The Morgan fingerprint density at radius 3 is 2.67 bits per heavy atom. The molecule has 0 atom stereocenters. The molecule has 132 valence electrons. The third-order valence-electron chi connectivity index (χ3n) is 4.73. The maximum absolute atomic E-state index is 11.9. The van der Waals surface area contributed by atoms with Gasteiger partial charge in [-0.2, -0.15) is 0 Å². The summed E-state index contributed by atoms with van der Waals surface area (Å²) in [6.07, 6.45) is 9.38. The van der Waals surface area contributed by atoms with Crippen LogP contribution in [-0.4, -0.2) is 24.5 Å². The number of hydrogen-bond acceptors (Lipinski definition) is 2. The SMILES string of the molecule is I.NC(=NCC(=O)NC1CCCCC1)Nc1ccc2c(c1)CCC2. The average Bonchev–Trinajstić information content (AvgIpc) is 3.01. The molecule has 6 heteroatoms. The lowest BCUT2D eigenvalue weighted by Crippen LogP contribution is -2.38. The molecule has 0 saturated heterocycles. The minimum atomic E-state index is -0.0457. The van der Waals surface area contributed by atoms with Crippen molar-refractivity contribution in [3.05, 3.63) is 29.3 Å². The fourth-order valence-electron chi connectivity index (χ4n) is 3.51. The van der Waals surface area contributed by atoms with E-state index in [1.165, 1.54) is 43.2 Å². The van der Waals surface area contributed by atoms with E-state index in [9.17, 15) is 4.79 Å². The Hall–Kier alpha value is -1.31. The van der Waals surface area contributed by atoms with Crippen molar-refractivity contribution in [2.45, 2.75) is 57.4 Å². The van der Waals surface area contributed by atoms with Crippen LogP contribution in [0.5, 0.6) is 0 Å². The summed E-state index contributed by atoms with van der Waals surface area (Å²) in [7, 11) is 0. The molecule has 1 saturated carbocycles. The fourth-order valence-corrected chi connectivity index (χ4v) is 3.51. The molecule has 0 bridgehead atoms. The number of fused-ring (bicyclic) bond motifs is 1. The van der Waals surface area contributed by atoms with Gasteiger partial charge in [-0.15, -0.1) is 24.0 Å². The summed E-state index contributed by atoms with van der Waals surface area (Å²) in [4.78, 5) is 16.1. The smallest absolute Gasteiger partial charge is 0.242 e. The second-order valence-electron chi connectivity index (χ2n) is 6.57. The lowest BCUT2D eigenvalue weighted by molar-refractivity contribution is -0.120. The molecule has 24 heavy (non-hydrogen) atoms.